The first-order chi connectivity index (χ1) is 15.5. The minimum absolute atomic E-state index is 0.00894. The summed E-state index contributed by atoms with van der Waals surface area (Å²) in [5.74, 6) is 1.09. The zero-order valence-electron chi connectivity index (χ0n) is 17.5. The SMILES string of the molecule is COCC(=O)Nc1ccc(-c2noc(C3CCCN3Cc3ccc(N([O-])O)cc3)n2)cn1. The van der Waals surface area contributed by atoms with Crippen LogP contribution < -0.4 is 10.5 Å². The fourth-order valence-corrected chi connectivity index (χ4v) is 3.66. The highest BCUT2D eigenvalue weighted by Crippen LogP contribution is 2.33. The van der Waals surface area contributed by atoms with Crippen molar-refractivity contribution in [2.24, 2.45) is 0 Å². The fraction of sp³-hybridized carbons (Fsp3) is 0.333. The molecule has 168 valence electrons. The number of methoxy groups -OCH3 is 1. The number of hydrogen-bond donors (Lipinski definition) is 2. The first kappa shape index (κ1) is 21.8. The molecule has 11 nitrogen and oxygen atoms in total. The minimum Gasteiger partial charge on any atom is -0.733 e. The topological polar surface area (TPSA) is 140 Å². The Bertz CT molecular complexity index is 1040. The van der Waals surface area contributed by atoms with Gasteiger partial charge in [-0.05, 0) is 49.2 Å². The zero-order chi connectivity index (χ0) is 22.5. The van der Waals surface area contributed by atoms with Crippen LogP contribution in [0.15, 0.2) is 47.1 Å². The Labute approximate surface area is 184 Å². The van der Waals surface area contributed by atoms with Crippen LogP contribution in [0.25, 0.3) is 11.4 Å². The highest BCUT2D eigenvalue weighted by molar-refractivity contribution is 5.90. The molecule has 0 spiro atoms. The lowest BCUT2D eigenvalue weighted by Gasteiger charge is -2.23. The maximum absolute atomic E-state index is 11.6. The number of nitrogens with one attached hydrogen (secondary N) is 1. The number of pyridine rings is 1. The lowest BCUT2D eigenvalue weighted by Crippen LogP contribution is -2.23. The highest BCUT2D eigenvalue weighted by atomic mass is 16.8. The molecule has 2 N–H and O–H groups in total. The second kappa shape index (κ2) is 9.83. The summed E-state index contributed by atoms with van der Waals surface area (Å²) >= 11 is 0. The van der Waals surface area contributed by atoms with Crippen molar-refractivity contribution in [3.8, 4) is 11.4 Å². The van der Waals surface area contributed by atoms with Crippen LogP contribution in [0.1, 0.15) is 30.3 Å². The maximum Gasteiger partial charge on any atom is 0.251 e. The largest absolute Gasteiger partial charge is 0.733 e. The molecule has 1 fully saturated rings. The van der Waals surface area contributed by atoms with E-state index in [0.717, 1.165) is 24.9 Å². The van der Waals surface area contributed by atoms with Gasteiger partial charge in [0.05, 0.1) is 11.7 Å². The minimum atomic E-state index is -0.285. The summed E-state index contributed by atoms with van der Waals surface area (Å²) < 4.78 is 10.3. The van der Waals surface area contributed by atoms with Crippen LogP contribution in [-0.2, 0) is 16.1 Å². The van der Waals surface area contributed by atoms with E-state index >= 15 is 0 Å². The summed E-state index contributed by atoms with van der Waals surface area (Å²) in [5, 5.41) is 26.5. The average molecular weight is 439 g/mol. The Hall–Kier alpha value is -3.38. The molecule has 0 radical (unpaired) electrons. The fourth-order valence-electron chi connectivity index (χ4n) is 3.66. The van der Waals surface area contributed by atoms with Crippen LogP contribution in [0, 0.1) is 5.21 Å². The summed E-state index contributed by atoms with van der Waals surface area (Å²) in [4.78, 5) is 22.6. The Morgan fingerprint density at radius 2 is 2.16 bits per heavy atom. The molecule has 2 aromatic heterocycles. The normalized spacial score (nSPS) is 16.3. The van der Waals surface area contributed by atoms with Crippen molar-refractivity contribution in [3.63, 3.8) is 0 Å². The molecule has 1 atom stereocenters. The number of likely N-dealkylation sites (tertiary alicyclic amines) is 1. The molecule has 11 heteroatoms. The lowest BCUT2D eigenvalue weighted by atomic mass is 10.1. The third-order valence-electron chi connectivity index (χ3n) is 5.20. The summed E-state index contributed by atoms with van der Waals surface area (Å²) in [6.07, 6.45) is 3.47. The molecule has 0 saturated carbocycles. The van der Waals surface area contributed by atoms with Gasteiger partial charge in [0.25, 0.3) is 5.91 Å². The van der Waals surface area contributed by atoms with Crippen LogP contribution in [0.3, 0.4) is 0 Å². The van der Waals surface area contributed by atoms with Crippen molar-refractivity contribution in [1.29, 1.82) is 0 Å². The van der Waals surface area contributed by atoms with Gasteiger partial charge in [-0.15, -0.1) is 0 Å². The van der Waals surface area contributed by atoms with Crippen LogP contribution in [0.2, 0.25) is 0 Å². The van der Waals surface area contributed by atoms with E-state index in [9.17, 15) is 10.0 Å². The van der Waals surface area contributed by atoms with Gasteiger partial charge in [-0.3, -0.25) is 14.9 Å². The second-order valence-electron chi connectivity index (χ2n) is 7.44. The number of rotatable bonds is 8. The molecule has 1 aliphatic heterocycles. The quantitative estimate of drug-likeness (QED) is 0.503. The van der Waals surface area contributed by atoms with Gasteiger partial charge in [0, 0.05) is 25.4 Å². The van der Waals surface area contributed by atoms with E-state index in [2.05, 4.69) is 25.3 Å². The zero-order valence-corrected chi connectivity index (χ0v) is 17.5. The summed E-state index contributed by atoms with van der Waals surface area (Å²) in [6, 6.07) is 10.2. The Balaban J connectivity index is 1.42. The number of hydrogen-bond acceptors (Lipinski definition) is 10. The van der Waals surface area contributed by atoms with E-state index in [1.165, 1.54) is 7.11 Å². The van der Waals surface area contributed by atoms with Gasteiger partial charge in [-0.2, -0.15) is 4.98 Å². The summed E-state index contributed by atoms with van der Waals surface area (Å²) in [7, 11) is 1.45. The molecule has 1 aromatic carbocycles. The monoisotopic (exact) mass is 439 g/mol. The standard InChI is InChI=1S/C21H23N6O5/c1-31-13-19(28)23-18-9-6-15(11-22-18)20-24-21(32-25-20)17-3-2-10-26(17)12-14-4-7-16(8-5-14)27(29)30/h4-9,11,17,29H,2-3,10,12-13H2,1H3,(H,22,23,28)/q-1. The molecular weight excluding hydrogens is 416 g/mol. The molecule has 1 unspecified atom stereocenters. The van der Waals surface area contributed by atoms with Crippen molar-refractivity contribution in [3.05, 3.63) is 59.3 Å². The number of ether oxygens (including phenoxy) is 1. The Kier molecular flexibility index (Phi) is 6.71. The summed E-state index contributed by atoms with van der Waals surface area (Å²) in [5.41, 5.74) is 1.87. The number of aromatic nitrogens is 3. The van der Waals surface area contributed by atoms with E-state index in [0.29, 0.717) is 29.6 Å². The second-order valence-corrected chi connectivity index (χ2v) is 7.44. The predicted octanol–water partition coefficient (Wildman–Crippen LogP) is 2.75. The molecule has 0 aliphatic carbocycles. The smallest absolute Gasteiger partial charge is 0.251 e. The van der Waals surface area contributed by atoms with Crippen LogP contribution in [0.4, 0.5) is 11.5 Å². The van der Waals surface area contributed by atoms with Crippen LogP contribution in [-0.4, -0.2) is 51.4 Å². The van der Waals surface area contributed by atoms with E-state index in [4.69, 9.17) is 14.5 Å². The number of amides is 1. The number of anilines is 2. The molecule has 1 aliphatic rings. The maximum atomic E-state index is 11.6. The third kappa shape index (κ3) is 5.08. The van der Waals surface area contributed by atoms with Gasteiger partial charge in [0.15, 0.2) is 0 Å². The van der Waals surface area contributed by atoms with Gasteiger partial charge in [-0.25, -0.2) is 4.98 Å². The highest BCUT2D eigenvalue weighted by Gasteiger charge is 2.30. The number of carbonyl (C=O) groups is 1. The van der Waals surface area contributed by atoms with Crippen molar-refractivity contribution < 1.29 is 19.3 Å². The van der Waals surface area contributed by atoms with Crippen LogP contribution >= 0.6 is 0 Å². The average Bonchev–Trinajstić information content (AvgIpc) is 3.44. The van der Waals surface area contributed by atoms with Crippen molar-refractivity contribution in [2.75, 3.05) is 30.8 Å². The molecular formula is C21H23N6O5-. The van der Waals surface area contributed by atoms with Gasteiger partial charge in [0.1, 0.15) is 12.4 Å². The molecule has 1 amide bonds. The van der Waals surface area contributed by atoms with Crippen molar-refractivity contribution in [2.45, 2.75) is 25.4 Å². The predicted molar refractivity (Wildman–Crippen MR) is 114 cm³/mol. The van der Waals surface area contributed by atoms with Gasteiger partial charge < -0.3 is 25.0 Å². The molecule has 32 heavy (non-hydrogen) atoms. The van der Waals surface area contributed by atoms with E-state index < -0.39 is 0 Å². The van der Waals surface area contributed by atoms with Crippen LogP contribution in [0.5, 0.6) is 0 Å². The van der Waals surface area contributed by atoms with Gasteiger partial charge >= 0.3 is 0 Å². The molecule has 0 bridgehead atoms. The van der Waals surface area contributed by atoms with Crippen molar-refractivity contribution in [1.82, 2.24) is 20.0 Å². The van der Waals surface area contributed by atoms with Gasteiger partial charge in [-0.1, -0.05) is 17.3 Å². The summed E-state index contributed by atoms with van der Waals surface area (Å²) in [6.45, 7) is 1.50. The molecule has 1 saturated heterocycles. The van der Waals surface area contributed by atoms with E-state index in [-0.39, 0.29) is 29.5 Å². The van der Waals surface area contributed by atoms with Gasteiger partial charge in [0.2, 0.25) is 11.7 Å². The molecule has 3 aromatic rings. The molecule has 3 heterocycles. The van der Waals surface area contributed by atoms with Crippen molar-refractivity contribution >= 4 is 17.4 Å². The number of benzene rings is 1. The lowest BCUT2D eigenvalue weighted by molar-refractivity contribution is -0.119. The Morgan fingerprint density at radius 1 is 1.34 bits per heavy atom. The Morgan fingerprint density at radius 3 is 2.84 bits per heavy atom. The van der Waals surface area contributed by atoms with E-state index in [1.807, 2.05) is 12.1 Å². The first-order valence-electron chi connectivity index (χ1n) is 10.1. The first-order valence-corrected chi connectivity index (χ1v) is 10.1. The molecule has 4 rings (SSSR count). The number of nitrogens with zero attached hydrogens (tertiary/aromatic N) is 5. The third-order valence-corrected chi connectivity index (χ3v) is 5.20. The number of carbonyl (C=O) groups excluding carboxylic acids is 1. The van der Waals surface area contributed by atoms with E-state index in [1.54, 1.807) is 30.5 Å².